The topological polar surface area (TPSA) is 55.0 Å². The Hall–Kier alpha value is -1.17. The van der Waals surface area contributed by atoms with Crippen LogP contribution in [-0.4, -0.2) is 29.1 Å². The standard InChI is InChI=1S/C13H15ClN4S/c14-12-6-9(8-19-12)11-3-4-16-13(17-11)18-5-1-2-10(15)7-18/h3-4,6,8,10H,1-2,5,7,15H2. The van der Waals surface area contributed by atoms with Crippen LogP contribution >= 0.6 is 22.9 Å². The molecule has 19 heavy (non-hydrogen) atoms. The molecule has 1 aliphatic heterocycles. The fourth-order valence-electron chi connectivity index (χ4n) is 2.30. The van der Waals surface area contributed by atoms with E-state index in [1.165, 1.54) is 11.3 Å². The van der Waals surface area contributed by atoms with Gasteiger partial charge in [-0.25, -0.2) is 9.97 Å². The lowest BCUT2D eigenvalue weighted by Crippen LogP contribution is -2.43. The number of piperidine rings is 1. The van der Waals surface area contributed by atoms with Gasteiger partial charge in [0.2, 0.25) is 5.95 Å². The predicted molar refractivity (Wildman–Crippen MR) is 79.8 cm³/mol. The number of anilines is 1. The Bertz CT molecular complexity index is 571. The van der Waals surface area contributed by atoms with Crippen LogP contribution in [0.3, 0.4) is 0 Å². The number of halogens is 1. The number of rotatable bonds is 2. The molecule has 0 spiro atoms. The summed E-state index contributed by atoms with van der Waals surface area (Å²) >= 11 is 7.48. The lowest BCUT2D eigenvalue weighted by Gasteiger charge is -2.30. The highest BCUT2D eigenvalue weighted by Gasteiger charge is 2.19. The highest BCUT2D eigenvalue weighted by atomic mass is 35.5. The number of aromatic nitrogens is 2. The molecule has 4 nitrogen and oxygen atoms in total. The second-order valence-corrected chi connectivity index (χ2v) is 6.27. The maximum atomic E-state index is 6.00. The third-order valence-corrected chi connectivity index (χ3v) is 4.34. The zero-order chi connectivity index (χ0) is 13.2. The minimum Gasteiger partial charge on any atom is -0.339 e. The molecule has 0 aromatic carbocycles. The SMILES string of the molecule is NC1CCCN(c2nccc(-c3csc(Cl)c3)n2)C1. The molecule has 3 heterocycles. The summed E-state index contributed by atoms with van der Waals surface area (Å²) in [5, 5.41) is 2.01. The second kappa shape index (κ2) is 5.45. The first-order valence-corrected chi connectivity index (χ1v) is 7.56. The molecule has 2 aromatic rings. The Kier molecular flexibility index (Phi) is 3.68. The molecule has 0 bridgehead atoms. The van der Waals surface area contributed by atoms with Crippen molar-refractivity contribution >= 4 is 28.9 Å². The molecule has 0 amide bonds. The van der Waals surface area contributed by atoms with Gasteiger partial charge >= 0.3 is 0 Å². The van der Waals surface area contributed by atoms with E-state index in [9.17, 15) is 0 Å². The fraction of sp³-hybridized carbons (Fsp3) is 0.385. The highest BCUT2D eigenvalue weighted by Crippen LogP contribution is 2.28. The van der Waals surface area contributed by atoms with E-state index in [4.69, 9.17) is 17.3 Å². The molecular formula is C13H15ClN4S. The Balaban J connectivity index is 1.87. The van der Waals surface area contributed by atoms with E-state index in [1.807, 2.05) is 17.5 Å². The van der Waals surface area contributed by atoms with Crippen LogP contribution in [0.25, 0.3) is 11.3 Å². The zero-order valence-corrected chi connectivity index (χ0v) is 12.0. The maximum absolute atomic E-state index is 6.00. The monoisotopic (exact) mass is 294 g/mol. The van der Waals surface area contributed by atoms with Crippen molar-refractivity contribution in [2.75, 3.05) is 18.0 Å². The molecule has 2 aromatic heterocycles. The molecule has 6 heteroatoms. The van der Waals surface area contributed by atoms with Gasteiger partial charge in [-0.15, -0.1) is 11.3 Å². The van der Waals surface area contributed by atoms with Crippen molar-refractivity contribution in [2.24, 2.45) is 5.73 Å². The zero-order valence-electron chi connectivity index (χ0n) is 10.4. The average molecular weight is 295 g/mol. The highest BCUT2D eigenvalue weighted by molar-refractivity contribution is 7.14. The summed E-state index contributed by atoms with van der Waals surface area (Å²) in [6.45, 7) is 1.80. The smallest absolute Gasteiger partial charge is 0.225 e. The van der Waals surface area contributed by atoms with Gasteiger partial charge in [-0.1, -0.05) is 11.6 Å². The molecule has 1 fully saturated rings. The van der Waals surface area contributed by atoms with E-state index in [1.54, 1.807) is 6.20 Å². The lowest BCUT2D eigenvalue weighted by molar-refractivity contribution is 0.500. The van der Waals surface area contributed by atoms with Gasteiger partial charge in [0.25, 0.3) is 0 Å². The third-order valence-electron chi connectivity index (χ3n) is 3.25. The van der Waals surface area contributed by atoms with Crippen molar-refractivity contribution < 1.29 is 0 Å². The van der Waals surface area contributed by atoms with Crippen LogP contribution in [0, 0.1) is 0 Å². The normalized spacial score (nSPS) is 19.7. The van der Waals surface area contributed by atoms with Gasteiger partial charge in [-0.05, 0) is 25.0 Å². The number of hydrogen-bond acceptors (Lipinski definition) is 5. The molecule has 1 aliphatic rings. The van der Waals surface area contributed by atoms with Crippen molar-refractivity contribution in [1.82, 2.24) is 9.97 Å². The Morgan fingerprint density at radius 2 is 2.37 bits per heavy atom. The molecule has 0 saturated carbocycles. The van der Waals surface area contributed by atoms with Crippen LogP contribution < -0.4 is 10.6 Å². The molecule has 0 aliphatic carbocycles. The Labute approximate surface area is 121 Å². The van der Waals surface area contributed by atoms with Crippen LogP contribution in [0.2, 0.25) is 4.34 Å². The van der Waals surface area contributed by atoms with Crippen LogP contribution in [0.1, 0.15) is 12.8 Å². The summed E-state index contributed by atoms with van der Waals surface area (Å²) in [6.07, 6.45) is 3.97. The van der Waals surface area contributed by atoms with Gasteiger partial charge in [-0.3, -0.25) is 0 Å². The summed E-state index contributed by atoms with van der Waals surface area (Å²) < 4.78 is 0.773. The molecule has 3 rings (SSSR count). The van der Waals surface area contributed by atoms with Crippen LogP contribution in [0.4, 0.5) is 5.95 Å². The summed E-state index contributed by atoms with van der Waals surface area (Å²) in [7, 11) is 0. The van der Waals surface area contributed by atoms with Gasteiger partial charge < -0.3 is 10.6 Å². The van der Waals surface area contributed by atoms with E-state index in [2.05, 4.69) is 14.9 Å². The molecule has 1 atom stereocenters. The molecule has 1 unspecified atom stereocenters. The summed E-state index contributed by atoms with van der Waals surface area (Å²) in [6, 6.07) is 4.06. The third kappa shape index (κ3) is 2.88. The van der Waals surface area contributed by atoms with Crippen molar-refractivity contribution in [3.63, 3.8) is 0 Å². The summed E-state index contributed by atoms with van der Waals surface area (Å²) in [5.74, 6) is 0.759. The molecule has 0 radical (unpaired) electrons. The first-order valence-electron chi connectivity index (χ1n) is 6.30. The second-order valence-electron chi connectivity index (χ2n) is 4.73. The van der Waals surface area contributed by atoms with Crippen LogP contribution in [-0.2, 0) is 0 Å². The van der Waals surface area contributed by atoms with E-state index in [0.717, 1.165) is 47.5 Å². The number of nitrogens with zero attached hydrogens (tertiary/aromatic N) is 3. The quantitative estimate of drug-likeness (QED) is 0.925. The van der Waals surface area contributed by atoms with Gasteiger partial charge in [-0.2, -0.15) is 0 Å². The van der Waals surface area contributed by atoms with Crippen LogP contribution in [0.15, 0.2) is 23.7 Å². The Morgan fingerprint density at radius 3 is 3.11 bits per heavy atom. The van der Waals surface area contributed by atoms with Crippen molar-refractivity contribution in [2.45, 2.75) is 18.9 Å². The Morgan fingerprint density at radius 1 is 1.47 bits per heavy atom. The van der Waals surface area contributed by atoms with Crippen molar-refractivity contribution in [3.05, 3.63) is 28.0 Å². The first kappa shape index (κ1) is 12.8. The van der Waals surface area contributed by atoms with Gasteiger partial charge in [0, 0.05) is 36.3 Å². The van der Waals surface area contributed by atoms with Crippen molar-refractivity contribution in [1.29, 1.82) is 0 Å². The fourth-order valence-corrected chi connectivity index (χ4v) is 3.17. The number of nitrogens with two attached hydrogens (primary N) is 1. The minimum atomic E-state index is 0.219. The average Bonchev–Trinajstić information content (AvgIpc) is 2.86. The lowest BCUT2D eigenvalue weighted by atomic mass is 10.1. The van der Waals surface area contributed by atoms with Gasteiger partial charge in [0.05, 0.1) is 10.0 Å². The van der Waals surface area contributed by atoms with E-state index in [-0.39, 0.29) is 6.04 Å². The first-order chi connectivity index (χ1) is 9.22. The van der Waals surface area contributed by atoms with Crippen molar-refractivity contribution in [3.8, 4) is 11.3 Å². The summed E-state index contributed by atoms with van der Waals surface area (Å²) in [4.78, 5) is 11.1. The largest absolute Gasteiger partial charge is 0.339 e. The predicted octanol–water partition coefficient (Wildman–Crippen LogP) is 2.79. The number of hydrogen-bond donors (Lipinski definition) is 1. The minimum absolute atomic E-state index is 0.219. The van der Waals surface area contributed by atoms with E-state index < -0.39 is 0 Å². The molecule has 100 valence electrons. The maximum Gasteiger partial charge on any atom is 0.225 e. The van der Waals surface area contributed by atoms with Gasteiger partial charge in [0.15, 0.2) is 0 Å². The summed E-state index contributed by atoms with van der Waals surface area (Å²) in [5.41, 5.74) is 7.95. The molecule has 1 saturated heterocycles. The van der Waals surface area contributed by atoms with Crippen LogP contribution in [0.5, 0.6) is 0 Å². The molecular weight excluding hydrogens is 280 g/mol. The van der Waals surface area contributed by atoms with E-state index in [0.29, 0.717) is 0 Å². The van der Waals surface area contributed by atoms with Gasteiger partial charge in [0.1, 0.15) is 0 Å². The number of thiophene rings is 1. The van der Waals surface area contributed by atoms with E-state index >= 15 is 0 Å². The molecule has 2 N–H and O–H groups in total.